The van der Waals surface area contributed by atoms with Gasteiger partial charge in [-0.1, -0.05) is 39.3 Å². The molecule has 11 heteroatoms. The van der Waals surface area contributed by atoms with Gasteiger partial charge in [0.25, 0.3) is 5.91 Å². The number of anilines is 1. The summed E-state index contributed by atoms with van der Waals surface area (Å²) in [6.07, 6.45) is 0. The summed E-state index contributed by atoms with van der Waals surface area (Å²) in [5.41, 5.74) is 0.181. The highest BCUT2D eigenvalue weighted by Crippen LogP contribution is 2.42. The Labute approximate surface area is 190 Å². The van der Waals surface area contributed by atoms with Crippen molar-refractivity contribution in [2.75, 3.05) is 23.0 Å². The first-order valence-corrected chi connectivity index (χ1v) is 12.7. The zero-order valence-corrected chi connectivity index (χ0v) is 19.3. The van der Waals surface area contributed by atoms with Crippen LogP contribution in [0.1, 0.15) is 0 Å². The maximum Gasteiger partial charge on any atom is 0.285 e. The molecule has 2 saturated heterocycles. The van der Waals surface area contributed by atoms with Crippen molar-refractivity contribution in [1.82, 2.24) is 0 Å². The van der Waals surface area contributed by atoms with E-state index in [1.54, 1.807) is 30.3 Å². The van der Waals surface area contributed by atoms with Crippen molar-refractivity contribution < 1.29 is 22.3 Å². The van der Waals surface area contributed by atoms with E-state index in [0.29, 0.717) is 15.2 Å². The van der Waals surface area contributed by atoms with E-state index >= 15 is 0 Å². The normalized spacial score (nSPS) is 23.6. The van der Waals surface area contributed by atoms with Crippen molar-refractivity contribution in [3.63, 3.8) is 0 Å². The largest absolute Gasteiger partial charge is 0.484 e. The summed E-state index contributed by atoms with van der Waals surface area (Å²) in [4.78, 5) is 18.0. The molecule has 0 radical (unpaired) electrons. The summed E-state index contributed by atoms with van der Waals surface area (Å²) in [5.74, 6) is -0.781. The number of thioether (sulfide) groups is 1. The van der Waals surface area contributed by atoms with Gasteiger partial charge in [0.2, 0.25) is 0 Å². The molecule has 2 fully saturated rings. The quantitative estimate of drug-likeness (QED) is 0.593. The molecule has 2 aromatic rings. The summed E-state index contributed by atoms with van der Waals surface area (Å²) < 4.78 is 44.8. The smallest absolute Gasteiger partial charge is 0.285 e. The van der Waals surface area contributed by atoms with Gasteiger partial charge >= 0.3 is 0 Å². The molecule has 2 atom stereocenters. The monoisotopic (exact) mass is 532 g/mol. The molecular weight excluding hydrogens is 519 g/mol. The molecule has 2 heterocycles. The minimum Gasteiger partial charge on any atom is -0.484 e. The number of amidine groups is 1. The average molecular weight is 534 g/mol. The van der Waals surface area contributed by atoms with E-state index in [1.165, 1.54) is 28.8 Å². The lowest BCUT2D eigenvalue weighted by Gasteiger charge is -2.25. The van der Waals surface area contributed by atoms with Crippen LogP contribution in [0.15, 0.2) is 51.9 Å². The fraction of sp³-hybridized carbons (Fsp3) is 0.263. The van der Waals surface area contributed by atoms with Gasteiger partial charge in [-0.05, 0) is 42.5 Å². The molecule has 0 N–H and O–H groups in total. The van der Waals surface area contributed by atoms with Crippen LogP contribution in [0.5, 0.6) is 5.75 Å². The predicted molar refractivity (Wildman–Crippen MR) is 120 cm³/mol. The highest BCUT2D eigenvalue weighted by molar-refractivity contribution is 9.10. The Morgan fingerprint density at radius 1 is 1.27 bits per heavy atom. The van der Waals surface area contributed by atoms with Crippen LogP contribution in [0.2, 0.25) is 5.02 Å². The molecule has 2 aliphatic heterocycles. The summed E-state index contributed by atoms with van der Waals surface area (Å²) in [7, 11) is -3.24. The van der Waals surface area contributed by atoms with Gasteiger partial charge < -0.3 is 9.64 Å². The Kier molecular flexibility index (Phi) is 6.11. The topological polar surface area (TPSA) is 76.0 Å². The van der Waals surface area contributed by atoms with E-state index in [9.17, 15) is 17.6 Å². The van der Waals surface area contributed by atoms with Gasteiger partial charge in [-0.15, -0.1) is 0 Å². The van der Waals surface area contributed by atoms with E-state index in [-0.39, 0.29) is 34.2 Å². The van der Waals surface area contributed by atoms with Crippen LogP contribution >= 0.6 is 39.3 Å². The number of carbonyl (C=O) groups is 1. The minimum atomic E-state index is -3.24. The number of carbonyl (C=O) groups excluding carboxylic acids is 1. The number of ether oxygens (including phenoxy) is 1. The van der Waals surface area contributed by atoms with E-state index in [0.717, 1.165) is 0 Å². The third kappa shape index (κ3) is 4.66. The van der Waals surface area contributed by atoms with Crippen LogP contribution in [-0.2, 0) is 14.6 Å². The van der Waals surface area contributed by atoms with Crippen LogP contribution in [-0.4, -0.2) is 48.9 Å². The van der Waals surface area contributed by atoms with E-state index in [4.69, 9.17) is 16.3 Å². The lowest BCUT2D eigenvalue weighted by molar-refractivity contribution is -0.119. The van der Waals surface area contributed by atoms with Crippen molar-refractivity contribution in [3.8, 4) is 5.75 Å². The number of fused-ring (bicyclic) bond motifs is 1. The predicted octanol–water partition coefficient (Wildman–Crippen LogP) is 3.92. The second kappa shape index (κ2) is 8.49. The maximum atomic E-state index is 14.7. The lowest BCUT2D eigenvalue weighted by Crippen LogP contribution is -2.38. The summed E-state index contributed by atoms with van der Waals surface area (Å²) in [6, 6.07) is 10.5. The Hall–Kier alpha value is -1.62. The number of benzene rings is 2. The zero-order valence-electron chi connectivity index (χ0n) is 15.3. The van der Waals surface area contributed by atoms with Crippen molar-refractivity contribution in [2.45, 2.75) is 11.3 Å². The van der Waals surface area contributed by atoms with Gasteiger partial charge in [-0.3, -0.25) is 4.79 Å². The Morgan fingerprint density at radius 3 is 2.70 bits per heavy atom. The highest BCUT2D eigenvalue weighted by Gasteiger charge is 2.50. The SMILES string of the molecule is O=C(COc1ccc(Cl)cc1)N=C1S[C@@H]2CS(=O)(=O)C[C@@H]2N1c1ccc(Br)cc1F. The Balaban J connectivity index is 1.58. The fourth-order valence-corrected chi connectivity index (χ4v) is 7.72. The van der Waals surface area contributed by atoms with Gasteiger partial charge in [0.1, 0.15) is 11.6 Å². The molecule has 6 nitrogen and oxygen atoms in total. The maximum absolute atomic E-state index is 14.7. The molecule has 2 aromatic carbocycles. The van der Waals surface area contributed by atoms with Crippen molar-refractivity contribution >= 4 is 65.9 Å². The number of halogens is 3. The van der Waals surface area contributed by atoms with Crippen LogP contribution in [0.4, 0.5) is 10.1 Å². The number of amides is 1. The molecule has 1 amide bonds. The number of sulfone groups is 1. The van der Waals surface area contributed by atoms with E-state index < -0.39 is 27.6 Å². The van der Waals surface area contributed by atoms with Gasteiger partial charge in [0, 0.05) is 14.7 Å². The van der Waals surface area contributed by atoms with Gasteiger partial charge in [0.05, 0.1) is 23.2 Å². The molecule has 30 heavy (non-hydrogen) atoms. The molecule has 0 saturated carbocycles. The number of aliphatic imine (C=N–C) groups is 1. The second-order valence-corrected chi connectivity index (χ2v) is 11.5. The standard InChI is InChI=1S/C19H15BrClFN2O4S2/c20-11-1-6-15(14(22)7-11)24-16-9-30(26,27)10-17(16)29-19(24)23-18(25)8-28-13-4-2-12(21)3-5-13/h1-7,16-17H,8-10H2/t16-,17+/m0/s1. The molecule has 0 bridgehead atoms. The zero-order chi connectivity index (χ0) is 21.5. The average Bonchev–Trinajstić information content (AvgIpc) is 3.13. The summed E-state index contributed by atoms with van der Waals surface area (Å²) in [5, 5.41) is 0.498. The number of rotatable bonds is 4. The Morgan fingerprint density at radius 2 is 2.00 bits per heavy atom. The number of hydrogen-bond acceptors (Lipinski definition) is 5. The number of nitrogens with zero attached hydrogens (tertiary/aromatic N) is 2. The number of hydrogen-bond donors (Lipinski definition) is 0. The van der Waals surface area contributed by atoms with Crippen LogP contribution in [0, 0.1) is 5.82 Å². The summed E-state index contributed by atoms with van der Waals surface area (Å²) >= 11 is 10.2. The molecule has 0 aromatic heterocycles. The van der Waals surface area contributed by atoms with Gasteiger partial charge in [-0.2, -0.15) is 4.99 Å². The molecule has 158 valence electrons. The minimum absolute atomic E-state index is 0.0362. The second-order valence-electron chi connectivity index (χ2n) is 6.80. The first kappa shape index (κ1) is 21.6. The van der Waals surface area contributed by atoms with Crippen molar-refractivity contribution in [2.24, 2.45) is 4.99 Å². The van der Waals surface area contributed by atoms with E-state index in [1.807, 2.05) is 0 Å². The summed E-state index contributed by atoms with van der Waals surface area (Å²) in [6.45, 7) is -0.310. The van der Waals surface area contributed by atoms with E-state index in [2.05, 4.69) is 20.9 Å². The molecule has 0 unspecified atom stereocenters. The lowest BCUT2D eigenvalue weighted by atomic mass is 10.2. The molecular formula is C19H15BrClFN2O4S2. The van der Waals surface area contributed by atoms with Gasteiger partial charge in [0.15, 0.2) is 21.6 Å². The first-order chi connectivity index (χ1) is 14.2. The molecule has 2 aliphatic rings. The highest BCUT2D eigenvalue weighted by atomic mass is 79.9. The van der Waals surface area contributed by atoms with Crippen LogP contribution in [0.3, 0.4) is 0 Å². The molecule has 0 spiro atoms. The fourth-order valence-electron chi connectivity index (χ4n) is 3.34. The Bertz CT molecular complexity index is 1130. The van der Waals surface area contributed by atoms with Gasteiger partial charge in [-0.25, -0.2) is 12.8 Å². The van der Waals surface area contributed by atoms with Crippen molar-refractivity contribution in [1.29, 1.82) is 0 Å². The first-order valence-electron chi connectivity index (χ1n) is 8.83. The third-order valence-electron chi connectivity index (χ3n) is 4.63. The molecule has 4 rings (SSSR count). The van der Waals surface area contributed by atoms with Crippen LogP contribution < -0.4 is 9.64 Å². The molecule has 0 aliphatic carbocycles. The third-order valence-corrected chi connectivity index (χ3v) is 8.59. The van der Waals surface area contributed by atoms with Crippen molar-refractivity contribution in [3.05, 3.63) is 57.8 Å². The van der Waals surface area contributed by atoms with Crippen LogP contribution in [0.25, 0.3) is 0 Å².